The van der Waals surface area contributed by atoms with Crippen molar-refractivity contribution in [3.05, 3.63) is 108 Å². The van der Waals surface area contributed by atoms with Crippen molar-refractivity contribution in [3.63, 3.8) is 0 Å². The van der Waals surface area contributed by atoms with Crippen LogP contribution in [0.5, 0.6) is 0 Å². The van der Waals surface area contributed by atoms with Gasteiger partial charge in [-0.2, -0.15) is 5.10 Å². The Kier molecular flexibility index (Phi) is 6.32. The number of hydrogen-bond acceptors (Lipinski definition) is 5. The number of ether oxygens (including phenoxy) is 2. The summed E-state index contributed by atoms with van der Waals surface area (Å²) in [7, 11) is 2.19. The fraction of sp³-hybridized carbons (Fsp3) is 0.276. The molecule has 1 aromatic carbocycles. The third-order valence-corrected chi connectivity index (χ3v) is 6.95. The van der Waals surface area contributed by atoms with Crippen molar-refractivity contribution in [2.75, 3.05) is 33.2 Å². The van der Waals surface area contributed by atoms with Crippen LogP contribution in [-0.2, 0) is 16.0 Å². The molecule has 1 fully saturated rings. The Morgan fingerprint density at radius 2 is 1.72 bits per heavy atom. The van der Waals surface area contributed by atoms with Crippen molar-refractivity contribution in [3.8, 4) is 11.5 Å². The molecule has 2 aliphatic heterocycles. The van der Waals surface area contributed by atoms with Crippen LogP contribution in [0.3, 0.4) is 0 Å². The second kappa shape index (κ2) is 10.0. The van der Waals surface area contributed by atoms with Crippen molar-refractivity contribution >= 4 is 5.76 Å². The summed E-state index contributed by atoms with van der Waals surface area (Å²) in [5.41, 5.74) is 4.33. The molecule has 2 aromatic heterocycles. The van der Waals surface area contributed by atoms with E-state index in [1.807, 2.05) is 10.9 Å². The monoisotopic (exact) mass is 481 g/mol. The van der Waals surface area contributed by atoms with Gasteiger partial charge in [0.2, 0.25) is 0 Å². The molecule has 0 atom stereocenters. The first-order valence-electron chi connectivity index (χ1n) is 12.6. The lowest BCUT2D eigenvalue weighted by Gasteiger charge is -2.32. The van der Waals surface area contributed by atoms with Crippen molar-refractivity contribution in [1.82, 2.24) is 24.1 Å². The summed E-state index contributed by atoms with van der Waals surface area (Å²) >= 11 is 0. The molecule has 0 saturated carbocycles. The zero-order chi connectivity index (χ0) is 24.3. The van der Waals surface area contributed by atoms with E-state index in [4.69, 9.17) is 14.6 Å². The van der Waals surface area contributed by atoms with E-state index in [2.05, 4.69) is 88.4 Å². The van der Waals surface area contributed by atoms with E-state index in [0.717, 1.165) is 74.0 Å². The zero-order valence-electron chi connectivity index (χ0n) is 20.6. The van der Waals surface area contributed by atoms with Gasteiger partial charge in [0.15, 0.2) is 11.5 Å². The molecule has 6 rings (SSSR count). The number of likely N-dealkylation sites (N-methyl/N-ethyl adjacent to an activating group) is 1. The molecule has 7 heteroatoms. The van der Waals surface area contributed by atoms with Crippen LogP contribution in [0, 0.1) is 0 Å². The topological polar surface area (TPSA) is 47.7 Å². The lowest BCUT2D eigenvalue weighted by atomic mass is 10.0. The number of rotatable bonds is 6. The molecule has 4 heterocycles. The number of benzene rings is 1. The normalized spacial score (nSPS) is 18.8. The summed E-state index contributed by atoms with van der Waals surface area (Å²) in [6.45, 7) is 5.23. The Morgan fingerprint density at radius 3 is 2.47 bits per heavy atom. The van der Waals surface area contributed by atoms with Crippen molar-refractivity contribution < 1.29 is 9.47 Å². The molecule has 1 aliphatic carbocycles. The average molecular weight is 482 g/mol. The number of hydrogen-bond donors (Lipinski definition) is 0. The van der Waals surface area contributed by atoms with Crippen molar-refractivity contribution in [2.45, 2.75) is 19.4 Å². The largest absolute Gasteiger partial charge is 0.465 e. The molecule has 184 valence electrons. The summed E-state index contributed by atoms with van der Waals surface area (Å²) in [5.74, 6) is 2.55. The quantitative estimate of drug-likeness (QED) is 0.503. The maximum Gasteiger partial charge on any atom is 0.169 e. The van der Waals surface area contributed by atoms with Gasteiger partial charge in [-0.05, 0) is 61.9 Å². The predicted molar refractivity (Wildman–Crippen MR) is 140 cm³/mol. The highest BCUT2D eigenvalue weighted by Crippen LogP contribution is 2.31. The molecule has 0 amide bonds. The van der Waals surface area contributed by atoms with Gasteiger partial charge < -0.3 is 18.9 Å². The lowest BCUT2D eigenvalue weighted by molar-refractivity contribution is 0.148. The summed E-state index contributed by atoms with van der Waals surface area (Å²) in [6, 6.07) is 12.4. The first-order chi connectivity index (χ1) is 17.7. The highest BCUT2D eigenvalue weighted by molar-refractivity contribution is 5.63. The standard InChI is InChI=1S/C29H31N5O2/c1-31-15-17-32(18-16-31)20-25-19-30-34(29(25)33-13-5-6-14-33)26-11-9-24(10-12-26)28-22-35-21-27(36-28)23-7-3-2-4-8-23/h2-3,5-7,9-14,19,21-22H,4,8,15-18,20H2,1H3. The minimum absolute atomic E-state index is 0.705. The maximum absolute atomic E-state index is 6.20. The van der Waals surface area contributed by atoms with E-state index >= 15 is 0 Å². The smallest absolute Gasteiger partial charge is 0.169 e. The van der Waals surface area contributed by atoms with E-state index < -0.39 is 0 Å². The molecular weight excluding hydrogens is 450 g/mol. The second-order valence-electron chi connectivity index (χ2n) is 9.48. The summed E-state index contributed by atoms with van der Waals surface area (Å²) in [5, 5.41) is 4.80. The van der Waals surface area contributed by atoms with Crippen LogP contribution in [0.4, 0.5) is 0 Å². The number of aromatic nitrogens is 3. The molecule has 0 unspecified atom stereocenters. The van der Waals surface area contributed by atoms with Gasteiger partial charge >= 0.3 is 0 Å². The lowest BCUT2D eigenvalue weighted by Crippen LogP contribution is -2.43. The molecule has 0 N–H and O–H groups in total. The van der Waals surface area contributed by atoms with Crippen LogP contribution in [0.25, 0.3) is 17.3 Å². The Labute approximate surface area is 211 Å². The van der Waals surface area contributed by atoms with Crippen LogP contribution in [0.15, 0.2) is 97.1 Å². The molecule has 0 radical (unpaired) electrons. The Hall–Kier alpha value is -3.81. The fourth-order valence-corrected chi connectivity index (χ4v) is 4.84. The van der Waals surface area contributed by atoms with E-state index in [-0.39, 0.29) is 0 Å². The van der Waals surface area contributed by atoms with Gasteiger partial charge in [0.25, 0.3) is 0 Å². The molecule has 7 nitrogen and oxygen atoms in total. The Morgan fingerprint density at radius 1 is 0.944 bits per heavy atom. The van der Waals surface area contributed by atoms with Gasteiger partial charge in [-0.1, -0.05) is 18.2 Å². The van der Waals surface area contributed by atoms with Crippen LogP contribution in [-0.4, -0.2) is 57.4 Å². The van der Waals surface area contributed by atoms with Gasteiger partial charge in [-0.3, -0.25) is 4.90 Å². The minimum atomic E-state index is 0.705. The van der Waals surface area contributed by atoms with E-state index in [1.165, 1.54) is 5.56 Å². The first kappa shape index (κ1) is 22.6. The first-order valence-corrected chi connectivity index (χ1v) is 12.6. The fourth-order valence-electron chi connectivity index (χ4n) is 4.84. The van der Waals surface area contributed by atoms with Crippen molar-refractivity contribution in [2.24, 2.45) is 0 Å². The van der Waals surface area contributed by atoms with Gasteiger partial charge in [-0.15, -0.1) is 0 Å². The summed E-state index contributed by atoms with van der Waals surface area (Å²) < 4.78 is 16.0. The molecule has 3 aromatic rings. The molecule has 3 aliphatic rings. The average Bonchev–Trinajstić information content (AvgIpc) is 3.61. The van der Waals surface area contributed by atoms with Crippen LogP contribution in [0.1, 0.15) is 24.0 Å². The van der Waals surface area contributed by atoms with E-state index in [1.54, 1.807) is 12.5 Å². The number of allylic oxidation sites excluding steroid dienone is 4. The highest BCUT2D eigenvalue weighted by Gasteiger charge is 2.20. The third-order valence-electron chi connectivity index (χ3n) is 6.95. The van der Waals surface area contributed by atoms with Gasteiger partial charge in [0.05, 0.1) is 11.9 Å². The Bertz CT molecular complexity index is 1320. The zero-order valence-corrected chi connectivity index (χ0v) is 20.6. The molecule has 0 spiro atoms. The van der Waals surface area contributed by atoms with Crippen LogP contribution < -0.4 is 0 Å². The van der Waals surface area contributed by atoms with Crippen molar-refractivity contribution in [1.29, 1.82) is 0 Å². The van der Waals surface area contributed by atoms with Gasteiger partial charge in [0, 0.05) is 56.2 Å². The Balaban J connectivity index is 1.24. The third kappa shape index (κ3) is 4.67. The number of piperazine rings is 1. The van der Waals surface area contributed by atoms with Gasteiger partial charge in [0.1, 0.15) is 18.3 Å². The molecule has 36 heavy (non-hydrogen) atoms. The second-order valence-corrected chi connectivity index (χ2v) is 9.48. The summed E-state index contributed by atoms with van der Waals surface area (Å²) in [4.78, 5) is 4.89. The predicted octanol–water partition coefficient (Wildman–Crippen LogP) is 4.87. The van der Waals surface area contributed by atoms with Crippen LogP contribution in [0.2, 0.25) is 0 Å². The number of nitrogens with zero attached hydrogens (tertiary/aromatic N) is 5. The maximum atomic E-state index is 6.20. The van der Waals surface area contributed by atoms with Crippen LogP contribution >= 0.6 is 0 Å². The van der Waals surface area contributed by atoms with E-state index in [9.17, 15) is 0 Å². The SMILES string of the molecule is CN1CCN(Cc2cnn(-c3ccc(C4=COC=C(C5=CC=CCC5)O4)cc3)c2-n2cccc2)CC1. The highest BCUT2D eigenvalue weighted by atomic mass is 16.5. The molecular formula is C29H31N5O2. The van der Waals surface area contributed by atoms with Gasteiger partial charge in [-0.25, -0.2) is 4.68 Å². The molecule has 1 saturated heterocycles. The molecule has 0 bridgehead atoms. The summed E-state index contributed by atoms with van der Waals surface area (Å²) in [6.07, 6.45) is 17.8. The minimum Gasteiger partial charge on any atom is -0.465 e. The van der Waals surface area contributed by atoms with E-state index in [0.29, 0.717) is 5.76 Å².